The number of phenols is 1. The quantitative estimate of drug-likeness (QED) is 0.530. The molecule has 0 unspecified atom stereocenters. The molecule has 3 rings (SSSR count). The Kier molecular flexibility index (Phi) is 7.81. The monoisotopic (exact) mass is 372 g/mol. The van der Waals surface area contributed by atoms with E-state index in [2.05, 4.69) is 22.5 Å². The van der Waals surface area contributed by atoms with Crippen molar-refractivity contribution < 1.29 is 5.11 Å². The zero-order chi connectivity index (χ0) is 18.9. The molecule has 2 fully saturated rings. The summed E-state index contributed by atoms with van der Waals surface area (Å²) in [5.41, 5.74) is 1.12. The standard InChI is InChI=1S/C22H36N4O/c1-2-23-22(24-14-11-18-7-6-10-21(27)17-18)25-19-12-15-26(16-13-19)20-8-4-3-5-9-20/h6-7,10,17,19-20,27H,2-5,8-9,11-16H2,1H3,(H2,23,24,25). The SMILES string of the molecule is CCNC(=NCCc1cccc(O)c1)NC1CCN(C2CCCCC2)CC1. The average molecular weight is 373 g/mol. The first kappa shape index (κ1) is 20.0. The Labute approximate surface area is 164 Å². The zero-order valence-corrected chi connectivity index (χ0v) is 16.8. The van der Waals surface area contributed by atoms with Crippen LogP contribution < -0.4 is 10.6 Å². The maximum atomic E-state index is 9.57. The molecule has 1 aromatic rings. The normalized spacial score (nSPS) is 20.6. The maximum Gasteiger partial charge on any atom is 0.191 e. The summed E-state index contributed by atoms with van der Waals surface area (Å²) < 4.78 is 0. The number of piperidine rings is 1. The molecule has 0 spiro atoms. The topological polar surface area (TPSA) is 59.9 Å². The number of benzene rings is 1. The third-order valence-electron chi connectivity index (χ3n) is 5.89. The van der Waals surface area contributed by atoms with Gasteiger partial charge in [-0.05, 0) is 56.7 Å². The predicted molar refractivity (Wildman–Crippen MR) is 112 cm³/mol. The number of rotatable bonds is 6. The number of hydrogen-bond donors (Lipinski definition) is 3. The molecule has 1 aliphatic carbocycles. The van der Waals surface area contributed by atoms with E-state index in [0.717, 1.165) is 37.1 Å². The minimum Gasteiger partial charge on any atom is -0.508 e. The van der Waals surface area contributed by atoms with Crippen LogP contribution in [-0.2, 0) is 6.42 Å². The molecule has 0 radical (unpaired) electrons. The summed E-state index contributed by atoms with van der Waals surface area (Å²) >= 11 is 0. The van der Waals surface area contributed by atoms with Gasteiger partial charge in [0.05, 0.1) is 0 Å². The number of aliphatic imine (C=N–C) groups is 1. The van der Waals surface area contributed by atoms with Gasteiger partial charge in [-0.15, -0.1) is 0 Å². The first-order valence-corrected chi connectivity index (χ1v) is 10.8. The van der Waals surface area contributed by atoms with Crippen molar-refractivity contribution in [3.05, 3.63) is 29.8 Å². The molecule has 150 valence electrons. The Balaban J connectivity index is 1.44. The van der Waals surface area contributed by atoms with Crippen molar-refractivity contribution in [1.29, 1.82) is 0 Å². The van der Waals surface area contributed by atoms with Gasteiger partial charge in [0.2, 0.25) is 0 Å². The molecule has 0 amide bonds. The van der Waals surface area contributed by atoms with Crippen LogP contribution in [0.2, 0.25) is 0 Å². The van der Waals surface area contributed by atoms with Crippen molar-refractivity contribution >= 4 is 5.96 Å². The summed E-state index contributed by atoms with van der Waals surface area (Å²) in [5, 5.41) is 16.6. The zero-order valence-electron chi connectivity index (χ0n) is 16.8. The van der Waals surface area contributed by atoms with Gasteiger partial charge in [0.25, 0.3) is 0 Å². The summed E-state index contributed by atoms with van der Waals surface area (Å²) in [4.78, 5) is 7.47. The summed E-state index contributed by atoms with van der Waals surface area (Å²) in [5.74, 6) is 1.25. The number of phenolic OH excluding ortho intramolecular Hbond substituents is 1. The minimum atomic E-state index is 0.325. The van der Waals surface area contributed by atoms with Crippen LogP contribution in [0.25, 0.3) is 0 Å². The van der Waals surface area contributed by atoms with Gasteiger partial charge in [-0.3, -0.25) is 4.99 Å². The van der Waals surface area contributed by atoms with Crippen molar-refractivity contribution in [3.63, 3.8) is 0 Å². The van der Waals surface area contributed by atoms with Crippen molar-refractivity contribution in [2.24, 2.45) is 4.99 Å². The Hall–Kier alpha value is -1.75. The second kappa shape index (κ2) is 10.5. The van der Waals surface area contributed by atoms with Crippen molar-refractivity contribution in [2.45, 2.75) is 70.4 Å². The molecular weight excluding hydrogens is 336 g/mol. The lowest BCUT2D eigenvalue weighted by molar-refractivity contribution is 0.119. The number of likely N-dealkylation sites (tertiary alicyclic amines) is 1. The fourth-order valence-corrected chi connectivity index (χ4v) is 4.38. The molecule has 1 saturated heterocycles. The lowest BCUT2D eigenvalue weighted by atomic mass is 9.92. The lowest BCUT2D eigenvalue weighted by Gasteiger charge is -2.39. The number of hydrogen-bond acceptors (Lipinski definition) is 3. The van der Waals surface area contributed by atoms with Gasteiger partial charge in [-0.1, -0.05) is 31.4 Å². The van der Waals surface area contributed by atoms with Gasteiger partial charge in [-0.25, -0.2) is 0 Å². The molecule has 0 atom stereocenters. The van der Waals surface area contributed by atoms with E-state index in [4.69, 9.17) is 4.99 Å². The molecular formula is C22H36N4O. The highest BCUT2D eigenvalue weighted by Crippen LogP contribution is 2.25. The van der Waals surface area contributed by atoms with Gasteiger partial charge in [0.15, 0.2) is 5.96 Å². The Morgan fingerprint density at radius 3 is 2.63 bits per heavy atom. The maximum absolute atomic E-state index is 9.57. The van der Waals surface area contributed by atoms with E-state index in [9.17, 15) is 5.11 Å². The molecule has 2 aliphatic rings. The van der Waals surface area contributed by atoms with Crippen LogP contribution in [0.1, 0.15) is 57.4 Å². The number of aromatic hydroxyl groups is 1. The van der Waals surface area contributed by atoms with E-state index >= 15 is 0 Å². The Bertz CT molecular complexity index is 590. The van der Waals surface area contributed by atoms with Crippen LogP contribution in [0, 0.1) is 0 Å². The van der Waals surface area contributed by atoms with E-state index in [1.54, 1.807) is 6.07 Å². The highest BCUT2D eigenvalue weighted by atomic mass is 16.3. The molecule has 1 aliphatic heterocycles. The van der Waals surface area contributed by atoms with Crippen LogP contribution in [0.3, 0.4) is 0 Å². The molecule has 1 heterocycles. The van der Waals surface area contributed by atoms with Crippen LogP contribution in [-0.4, -0.2) is 54.2 Å². The average Bonchev–Trinajstić information content (AvgIpc) is 2.69. The van der Waals surface area contributed by atoms with Crippen molar-refractivity contribution in [3.8, 4) is 5.75 Å². The van der Waals surface area contributed by atoms with Crippen molar-refractivity contribution in [2.75, 3.05) is 26.2 Å². The highest BCUT2D eigenvalue weighted by molar-refractivity contribution is 5.80. The molecule has 0 bridgehead atoms. The molecule has 5 nitrogen and oxygen atoms in total. The van der Waals surface area contributed by atoms with Crippen molar-refractivity contribution in [1.82, 2.24) is 15.5 Å². The van der Waals surface area contributed by atoms with Gasteiger partial charge in [-0.2, -0.15) is 0 Å². The number of nitrogens with zero attached hydrogens (tertiary/aromatic N) is 2. The Morgan fingerprint density at radius 1 is 1.15 bits per heavy atom. The summed E-state index contributed by atoms with van der Waals surface area (Å²) in [6, 6.07) is 8.80. The smallest absolute Gasteiger partial charge is 0.191 e. The van der Waals surface area contributed by atoms with Crippen LogP contribution in [0.4, 0.5) is 0 Å². The van der Waals surface area contributed by atoms with Crippen LogP contribution >= 0.6 is 0 Å². The van der Waals surface area contributed by atoms with E-state index in [-0.39, 0.29) is 0 Å². The Morgan fingerprint density at radius 2 is 1.93 bits per heavy atom. The largest absolute Gasteiger partial charge is 0.508 e. The first-order valence-electron chi connectivity index (χ1n) is 10.8. The van der Waals surface area contributed by atoms with Gasteiger partial charge in [0, 0.05) is 38.3 Å². The minimum absolute atomic E-state index is 0.325. The van der Waals surface area contributed by atoms with Crippen LogP contribution in [0.15, 0.2) is 29.3 Å². The number of guanidine groups is 1. The third kappa shape index (κ3) is 6.42. The first-order chi connectivity index (χ1) is 13.2. The molecule has 1 aromatic carbocycles. The third-order valence-corrected chi connectivity index (χ3v) is 5.89. The second-order valence-electron chi connectivity index (χ2n) is 7.93. The predicted octanol–water partition coefficient (Wildman–Crippen LogP) is 3.29. The summed E-state index contributed by atoms with van der Waals surface area (Å²) in [6.45, 7) is 6.13. The van der Waals surface area contributed by atoms with Gasteiger partial charge >= 0.3 is 0 Å². The highest BCUT2D eigenvalue weighted by Gasteiger charge is 2.26. The number of nitrogens with one attached hydrogen (secondary N) is 2. The molecule has 3 N–H and O–H groups in total. The van der Waals surface area contributed by atoms with Gasteiger partial charge < -0.3 is 20.6 Å². The molecule has 0 aromatic heterocycles. The molecule has 27 heavy (non-hydrogen) atoms. The summed E-state index contributed by atoms with van der Waals surface area (Å²) in [6.07, 6.45) is 10.3. The van der Waals surface area contributed by atoms with E-state index in [0.29, 0.717) is 11.8 Å². The van der Waals surface area contributed by atoms with Crippen LogP contribution in [0.5, 0.6) is 5.75 Å². The summed E-state index contributed by atoms with van der Waals surface area (Å²) in [7, 11) is 0. The van der Waals surface area contributed by atoms with E-state index in [1.807, 2.05) is 18.2 Å². The fraction of sp³-hybridized carbons (Fsp3) is 0.682. The van der Waals surface area contributed by atoms with Gasteiger partial charge in [0.1, 0.15) is 5.75 Å². The lowest BCUT2D eigenvalue weighted by Crippen LogP contribution is -2.51. The molecule has 1 saturated carbocycles. The fourth-order valence-electron chi connectivity index (χ4n) is 4.38. The van der Waals surface area contributed by atoms with E-state index < -0.39 is 0 Å². The second-order valence-corrected chi connectivity index (χ2v) is 7.93. The molecule has 5 heteroatoms. The van der Waals surface area contributed by atoms with E-state index in [1.165, 1.54) is 58.0 Å².